The zero-order valence-electron chi connectivity index (χ0n) is 11.9. The lowest BCUT2D eigenvalue weighted by atomic mass is 10.00. The van der Waals surface area contributed by atoms with Crippen LogP contribution in [0, 0.1) is 24.0 Å². The molecule has 0 fully saturated rings. The molecule has 4 nitrogen and oxygen atoms in total. The summed E-state index contributed by atoms with van der Waals surface area (Å²) in [6.07, 6.45) is 0. The number of rotatable bonds is 4. The van der Waals surface area contributed by atoms with Crippen LogP contribution < -0.4 is 5.32 Å². The number of nitro benzene ring substituents is 1. The number of non-ortho nitro benzene ring substituents is 1. The molecule has 0 heterocycles. The van der Waals surface area contributed by atoms with Crippen LogP contribution in [0.15, 0.2) is 42.5 Å². The Balaban J connectivity index is 2.23. The van der Waals surface area contributed by atoms with E-state index in [1.807, 2.05) is 6.07 Å². The molecule has 2 rings (SSSR count). The standard InChI is InChI=1S/C16H18N2O2/c1-11-7-8-12(2)16(9-11)13(3)17-14-5-4-6-15(10-14)18(19)20/h4-10,13,17H,1-3H3. The van der Waals surface area contributed by atoms with Gasteiger partial charge in [-0.05, 0) is 38.0 Å². The molecule has 2 aromatic rings. The first kappa shape index (κ1) is 14.1. The van der Waals surface area contributed by atoms with Gasteiger partial charge >= 0.3 is 0 Å². The molecule has 0 spiro atoms. The Morgan fingerprint density at radius 1 is 1.15 bits per heavy atom. The molecule has 0 amide bonds. The normalized spacial score (nSPS) is 11.9. The number of nitrogens with zero attached hydrogens (tertiary/aromatic N) is 1. The summed E-state index contributed by atoms with van der Waals surface area (Å²) in [6.45, 7) is 6.18. The van der Waals surface area contributed by atoms with Crippen LogP contribution >= 0.6 is 0 Å². The summed E-state index contributed by atoms with van der Waals surface area (Å²) in [5.41, 5.74) is 4.48. The third-order valence-electron chi connectivity index (χ3n) is 3.34. The van der Waals surface area contributed by atoms with E-state index >= 15 is 0 Å². The van der Waals surface area contributed by atoms with Crippen LogP contribution in [-0.2, 0) is 0 Å². The van der Waals surface area contributed by atoms with Gasteiger partial charge in [-0.25, -0.2) is 0 Å². The number of hydrogen-bond acceptors (Lipinski definition) is 3. The highest BCUT2D eigenvalue weighted by molar-refractivity contribution is 5.52. The number of hydrogen-bond donors (Lipinski definition) is 1. The Bertz CT molecular complexity index is 638. The first-order valence-corrected chi connectivity index (χ1v) is 6.55. The van der Waals surface area contributed by atoms with Gasteiger partial charge in [-0.1, -0.05) is 29.8 Å². The molecule has 1 N–H and O–H groups in total. The van der Waals surface area contributed by atoms with Crippen LogP contribution in [0.2, 0.25) is 0 Å². The van der Waals surface area contributed by atoms with Crippen molar-refractivity contribution in [1.29, 1.82) is 0 Å². The van der Waals surface area contributed by atoms with Crippen molar-refractivity contribution in [3.05, 3.63) is 69.3 Å². The van der Waals surface area contributed by atoms with Gasteiger partial charge < -0.3 is 5.32 Å². The highest BCUT2D eigenvalue weighted by atomic mass is 16.6. The fraction of sp³-hybridized carbons (Fsp3) is 0.250. The Labute approximate surface area is 118 Å². The van der Waals surface area contributed by atoms with Crippen molar-refractivity contribution < 1.29 is 4.92 Å². The Hall–Kier alpha value is -2.36. The molecule has 20 heavy (non-hydrogen) atoms. The van der Waals surface area contributed by atoms with Gasteiger partial charge in [-0.15, -0.1) is 0 Å². The summed E-state index contributed by atoms with van der Waals surface area (Å²) in [4.78, 5) is 10.4. The van der Waals surface area contributed by atoms with E-state index in [1.165, 1.54) is 22.8 Å². The van der Waals surface area contributed by atoms with Gasteiger partial charge in [-0.2, -0.15) is 0 Å². The predicted molar refractivity (Wildman–Crippen MR) is 81.1 cm³/mol. The first-order valence-electron chi connectivity index (χ1n) is 6.55. The van der Waals surface area contributed by atoms with E-state index in [4.69, 9.17) is 0 Å². The van der Waals surface area contributed by atoms with Gasteiger partial charge in [0.25, 0.3) is 5.69 Å². The van der Waals surface area contributed by atoms with Crippen molar-refractivity contribution >= 4 is 11.4 Å². The fourth-order valence-corrected chi connectivity index (χ4v) is 2.26. The van der Waals surface area contributed by atoms with E-state index in [-0.39, 0.29) is 16.7 Å². The van der Waals surface area contributed by atoms with Gasteiger partial charge in [-0.3, -0.25) is 10.1 Å². The molecule has 0 saturated heterocycles. The van der Waals surface area contributed by atoms with Crippen molar-refractivity contribution in [2.45, 2.75) is 26.8 Å². The summed E-state index contributed by atoms with van der Waals surface area (Å²) < 4.78 is 0. The van der Waals surface area contributed by atoms with E-state index in [0.29, 0.717) is 0 Å². The molecule has 0 saturated carbocycles. The van der Waals surface area contributed by atoms with Crippen molar-refractivity contribution in [3.8, 4) is 0 Å². The lowest BCUT2D eigenvalue weighted by molar-refractivity contribution is -0.384. The van der Waals surface area contributed by atoms with E-state index < -0.39 is 0 Å². The molecule has 0 aliphatic rings. The predicted octanol–water partition coefficient (Wildman–Crippen LogP) is 4.38. The molecule has 2 aromatic carbocycles. The summed E-state index contributed by atoms with van der Waals surface area (Å²) in [5.74, 6) is 0. The van der Waals surface area contributed by atoms with Gasteiger partial charge in [0.1, 0.15) is 0 Å². The zero-order valence-corrected chi connectivity index (χ0v) is 11.9. The second-order valence-electron chi connectivity index (χ2n) is 5.03. The van der Waals surface area contributed by atoms with Crippen molar-refractivity contribution in [1.82, 2.24) is 0 Å². The van der Waals surface area contributed by atoms with E-state index in [2.05, 4.69) is 44.3 Å². The second kappa shape index (κ2) is 5.74. The van der Waals surface area contributed by atoms with Crippen LogP contribution in [0.4, 0.5) is 11.4 Å². The lowest BCUT2D eigenvalue weighted by Gasteiger charge is -2.18. The topological polar surface area (TPSA) is 55.2 Å². The molecule has 4 heteroatoms. The summed E-state index contributed by atoms with van der Waals surface area (Å²) in [7, 11) is 0. The largest absolute Gasteiger partial charge is 0.378 e. The number of benzene rings is 2. The second-order valence-corrected chi connectivity index (χ2v) is 5.03. The third-order valence-corrected chi connectivity index (χ3v) is 3.34. The van der Waals surface area contributed by atoms with Gasteiger partial charge in [0.2, 0.25) is 0 Å². The first-order chi connectivity index (χ1) is 9.47. The average molecular weight is 270 g/mol. The van der Waals surface area contributed by atoms with Crippen LogP contribution in [-0.4, -0.2) is 4.92 Å². The molecule has 0 aromatic heterocycles. The summed E-state index contributed by atoms with van der Waals surface area (Å²) in [5, 5.41) is 14.1. The minimum atomic E-state index is -0.381. The lowest BCUT2D eigenvalue weighted by Crippen LogP contribution is -2.08. The fourth-order valence-electron chi connectivity index (χ4n) is 2.26. The molecule has 104 valence electrons. The van der Waals surface area contributed by atoms with E-state index in [9.17, 15) is 10.1 Å². The monoisotopic (exact) mass is 270 g/mol. The van der Waals surface area contributed by atoms with E-state index in [0.717, 1.165) is 5.69 Å². The van der Waals surface area contributed by atoms with Crippen molar-refractivity contribution in [2.24, 2.45) is 0 Å². The highest BCUT2D eigenvalue weighted by Crippen LogP contribution is 2.25. The molecule has 1 unspecified atom stereocenters. The Morgan fingerprint density at radius 3 is 2.60 bits per heavy atom. The molecule has 1 atom stereocenters. The maximum atomic E-state index is 10.8. The number of aryl methyl sites for hydroxylation is 2. The van der Waals surface area contributed by atoms with Gasteiger partial charge in [0, 0.05) is 23.9 Å². The minimum Gasteiger partial charge on any atom is -0.378 e. The molecule has 0 aliphatic heterocycles. The maximum Gasteiger partial charge on any atom is 0.271 e. The minimum absolute atomic E-state index is 0.0944. The Kier molecular flexibility index (Phi) is 4.03. The molecular formula is C16H18N2O2. The SMILES string of the molecule is Cc1ccc(C)c(C(C)Nc2cccc([N+](=O)[O-])c2)c1. The van der Waals surface area contributed by atoms with E-state index in [1.54, 1.807) is 12.1 Å². The number of nitro groups is 1. The van der Waals surface area contributed by atoms with Crippen LogP contribution in [0.1, 0.15) is 29.7 Å². The van der Waals surface area contributed by atoms with Crippen molar-refractivity contribution in [3.63, 3.8) is 0 Å². The molecular weight excluding hydrogens is 252 g/mol. The highest BCUT2D eigenvalue weighted by Gasteiger charge is 2.11. The molecule has 0 bridgehead atoms. The van der Waals surface area contributed by atoms with Gasteiger partial charge in [0.15, 0.2) is 0 Å². The number of anilines is 1. The average Bonchev–Trinajstić information content (AvgIpc) is 2.41. The number of nitrogens with one attached hydrogen (secondary N) is 1. The van der Waals surface area contributed by atoms with Crippen LogP contribution in [0.25, 0.3) is 0 Å². The summed E-state index contributed by atoms with van der Waals surface area (Å²) >= 11 is 0. The zero-order chi connectivity index (χ0) is 14.7. The maximum absolute atomic E-state index is 10.8. The Morgan fingerprint density at radius 2 is 1.90 bits per heavy atom. The van der Waals surface area contributed by atoms with Gasteiger partial charge in [0.05, 0.1) is 4.92 Å². The van der Waals surface area contributed by atoms with Crippen LogP contribution in [0.3, 0.4) is 0 Å². The van der Waals surface area contributed by atoms with Crippen LogP contribution in [0.5, 0.6) is 0 Å². The summed E-state index contributed by atoms with van der Waals surface area (Å²) in [6, 6.07) is 13.0. The smallest absolute Gasteiger partial charge is 0.271 e. The molecule has 0 aliphatic carbocycles. The third kappa shape index (κ3) is 3.15. The van der Waals surface area contributed by atoms with Crippen molar-refractivity contribution in [2.75, 3.05) is 5.32 Å². The molecule has 0 radical (unpaired) electrons. The quantitative estimate of drug-likeness (QED) is 0.662.